The number of phenols is 1. The maximum Gasteiger partial charge on any atom is 0.299 e. The highest BCUT2D eigenvalue weighted by Gasteiger charge is 2.35. The lowest BCUT2D eigenvalue weighted by Crippen LogP contribution is -2.26. The molecule has 32 heavy (non-hydrogen) atoms. The van der Waals surface area contributed by atoms with Crippen molar-refractivity contribution in [1.82, 2.24) is 19.5 Å². The minimum atomic E-state index is -0.194. The number of ether oxygens (including phenoxy) is 1. The number of nitrogens with one attached hydrogen (secondary N) is 1. The summed E-state index contributed by atoms with van der Waals surface area (Å²) in [5, 5.41) is 13.8. The molecule has 0 amide bonds. The minimum Gasteiger partial charge on any atom is -0.507 e. The molecule has 5 rings (SSSR count). The van der Waals surface area contributed by atoms with Crippen molar-refractivity contribution in [3.8, 4) is 22.9 Å². The molecule has 1 aliphatic rings. The quantitative estimate of drug-likeness (QED) is 0.482. The molecule has 0 spiro atoms. The molecule has 164 valence electrons. The minimum absolute atomic E-state index is 0.194. The van der Waals surface area contributed by atoms with E-state index in [2.05, 4.69) is 57.7 Å². The summed E-state index contributed by atoms with van der Waals surface area (Å²) in [4.78, 5) is 13.9. The maximum absolute atomic E-state index is 10.4. The van der Waals surface area contributed by atoms with Crippen LogP contribution >= 0.6 is 0 Å². The zero-order valence-electron chi connectivity index (χ0n) is 18.8. The Balaban J connectivity index is 1.38. The highest BCUT2D eigenvalue weighted by Crippen LogP contribution is 2.36. The first-order valence-electron chi connectivity index (χ1n) is 10.8. The third kappa shape index (κ3) is 3.53. The zero-order valence-corrected chi connectivity index (χ0v) is 18.8. The smallest absolute Gasteiger partial charge is 0.299 e. The second-order valence-electron chi connectivity index (χ2n) is 9.02. The first-order chi connectivity index (χ1) is 15.3. The van der Waals surface area contributed by atoms with Crippen molar-refractivity contribution in [3.63, 3.8) is 0 Å². The van der Waals surface area contributed by atoms with E-state index < -0.39 is 0 Å². The fourth-order valence-electron chi connectivity index (χ4n) is 4.23. The van der Waals surface area contributed by atoms with Crippen LogP contribution in [0.4, 0.5) is 5.82 Å². The number of nitrogens with zero attached hydrogens (tertiary/aromatic N) is 4. The number of hydrogen-bond donors (Lipinski definition) is 2. The number of aryl methyl sites for hydroxylation is 2. The van der Waals surface area contributed by atoms with Gasteiger partial charge in [-0.3, -0.25) is 4.57 Å². The first-order valence-corrected chi connectivity index (χ1v) is 10.8. The monoisotopic (exact) mass is 429 g/mol. The zero-order chi connectivity index (χ0) is 22.5. The average molecular weight is 430 g/mol. The number of imidazole rings is 1. The van der Waals surface area contributed by atoms with Gasteiger partial charge in [-0.05, 0) is 57.4 Å². The molecule has 0 unspecified atom stereocenters. The lowest BCUT2D eigenvalue weighted by atomic mass is 9.99. The Morgan fingerprint density at radius 1 is 1.09 bits per heavy atom. The third-order valence-corrected chi connectivity index (χ3v) is 5.84. The number of fused-ring (bicyclic) bond motifs is 3. The average Bonchev–Trinajstić information content (AvgIpc) is 3.26. The summed E-state index contributed by atoms with van der Waals surface area (Å²) in [6, 6.07) is 14.5. The Hall–Kier alpha value is -3.61. The summed E-state index contributed by atoms with van der Waals surface area (Å²) in [5.41, 5.74) is 5.48. The molecule has 2 N–H and O–H groups in total. The third-order valence-electron chi connectivity index (χ3n) is 5.84. The van der Waals surface area contributed by atoms with Crippen molar-refractivity contribution >= 4 is 17.0 Å². The van der Waals surface area contributed by atoms with Gasteiger partial charge in [0.2, 0.25) is 0 Å². The molecule has 0 aliphatic carbocycles. The van der Waals surface area contributed by atoms with E-state index in [4.69, 9.17) is 4.74 Å². The lowest BCUT2D eigenvalue weighted by molar-refractivity contribution is 0.268. The van der Waals surface area contributed by atoms with Crippen LogP contribution in [0.3, 0.4) is 0 Å². The van der Waals surface area contributed by atoms with Crippen molar-refractivity contribution in [2.45, 2.75) is 39.7 Å². The Morgan fingerprint density at radius 2 is 1.94 bits per heavy atom. The van der Waals surface area contributed by atoms with Gasteiger partial charge in [0.1, 0.15) is 18.2 Å². The second-order valence-corrected chi connectivity index (χ2v) is 9.02. The van der Waals surface area contributed by atoms with Gasteiger partial charge in [-0.25, -0.2) is 9.97 Å². The summed E-state index contributed by atoms with van der Waals surface area (Å²) in [5.74, 6) is 1.69. The van der Waals surface area contributed by atoms with Gasteiger partial charge in [0.25, 0.3) is 6.01 Å². The molecule has 0 bridgehead atoms. The molecule has 1 aliphatic heterocycles. The highest BCUT2D eigenvalue weighted by atomic mass is 16.5. The highest BCUT2D eigenvalue weighted by molar-refractivity contribution is 5.84. The van der Waals surface area contributed by atoms with Crippen LogP contribution in [-0.2, 0) is 12.0 Å². The van der Waals surface area contributed by atoms with Gasteiger partial charge in [0.15, 0.2) is 17.0 Å². The molecule has 7 nitrogen and oxygen atoms in total. The van der Waals surface area contributed by atoms with Crippen molar-refractivity contribution < 1.29 is 9.84 Å². The van der Waals surface area contributed by atoms with Crippen LogP contribution in [0, 0.1) is 13.8 Å². The normalized spacial score (nSPS) is 14.4. The van der Waals surface area contributed by atoms with Gasteiger partial charge >= 0.3 is 0 Å². The van der Waals surface area contributed by atoms with Gasteiger partial charge in [-0.15, -0.1) is 0 Å². The molecule has 0 saturated carbocycles. The van der Waals surface area contributed by atoms with Crippen molar-refractivity contribution in [3.05, 3.63) is 59.4 Å². The van der Waals surface area contributed by atoms with E-state index in [0.717, 1.165) is 39.8 Å². The fraction of sp³-hybridized carbons (Fsp3) is 0.320. The summed E-state index contributed by atoms with van der Waals surface area (Å²) in [7, 11) is 0. The maximum atomic E-state index is 10.4. The largest absolute Gasteiger partial charge is 0.507 e. The lowest BCUT2D eigenvalue weighted by Gasteiger charge is -2.18. The number of rotatable bonds is 5. The number of hydrogen-bond acceptors (Lipinski definition) is 6. The molecule has 0 fully saturated rings. The van der Waals surface area contributed by atoms with Crippen LogP contribution in [0.15, 0.2) is 42.5 Å². The number of phenolic OH excluding ortho intramolecular Hbond substituents is 1. The van der Waals surface area contributed by atoms with Gasteiger partial charge in [0, 0.05) is 12.1 Å². The molecule has 4 aromatic rings. The predicted octanol–water partition coefficient (Wildman–Crippen LogP) is 4.60. The van der Waals surface area contributed by atoms with Crippen LogP contribution in [-0.4, -0.2) is 37.8 Å². The Morgan fingerprint density at radius 3 is 2.75 bits per heavy atom. The summed E-state index contributed by atoms with van der Waals surface area (Å²) < 4.78 is 7.83. The fourth-order valence-corrected chi connectivity index (χ4v) is 4.23. The van der Waals surface area contributed by atoms with Crippen molar-refractivity contribution in [2.24, 2.45) is 0 Å². The molecule has 0 radical (unpaired) electrons. The summed E-state index contributed by atoms with van der Waals surface area (Å²) in [6.07, 6.45) is 0.777. The molecule has 7 heteroatoms. The molecule has 2 aromatic heterocycles. The number of benzene rings is 2. The predicted molar refractivity (Wildman–Crippen MR) is 125 cm³/mol. The molecule has 0 saturated heterocycles. The van der Waals surface area contributed by atoms with E-state index in [1.54, 1.807) is 6.07 Å². The van der Waals surface area contributed by atoms with E-state index in [1.807, 2.05) is 31.2 Å². The molecule has 3 heterocycles. The van der Waals surface area contributed by atoms with Crippen LogP contribution < -0.4 is 10.1 Å². The van der Waals surface area contributed by atoms with Gasteiger partial charge in [-0.1, -0.05) is 35.9 Å². The number of aromatic hydroxyl groups is 1. The Kier molecular flexibility index (Phi) is 4.77. The molecule has 0 atom stereocenters. The van der Waals surface area contributed by atoms with Crippen molar-refractivity contribution in [2.75, 3.05) is 18.5 Å². The van der Waals surface area contributed by atoms with E-state index in [1.165, 1.54) is 0 Å². The Bertz CT molecular complexity index is 1330. The van der Waals surface area contributed by atoms with E-state index in [-0.39, 0.29) is 11.3 Å². The van der Waals surface area contributed by atoms with Crippen molar-refractivity contribution in [1.29, 1.82) is 0 Å². The van der Waals surface area contributed by atoms with Crippen LogP contribution in [0.5, 0.6) is 11.8 Å². The topological polar surface area (TPSA) is 85.1 Å². The molecular weight excluding hydrogens is 402 g/mol. The first kappa shape index (κ1) is 20.3. The van der Waals surface area contributed by atoms with E-state index in [0.29, 0.717) is 30.8 Å². The van der Waals surface area contributed by atoms with Crippen LogP contribution in [0.1, 0.15) is 30.8 Å². The second kappa shape index (κ2) is 7.51. The molecular formula is C25H27N5O2. The van der Waals surface area contributed by atoms with E-state index >= 15 is 0 Å². The van der Waals surface area contributed by atoms with Crippen LogP contribution in [0.2, 0.25) is 0 Å². The Labute approximate surface area is 187 Å². The van der Waals surface area contributed by atoms with Gasteiger partial charge < -0.3 is 15.2 Å². The van der Waals surface area contributed by atoms with Gasteiger partial charge in [-0.2, -0.15) is 4.98 Å². The number of anilines is 1. The molecule has 2 aromatic carbocycles. The summed E-state index contributed by atoms with van der Waals surface area (Å²) >= 11 is 0. The SMILES string of the molecule is Cc1cccc(-c2cc(CCNc3nc(C)nc4c3nc3n4C(C)(C)CO3)ccc2O)c1. The van der Waals surface area contributed by atoms with Gasteiger partial charge in [0.05, 0.1) is 5.54 Å². The number of aromatic nitrogens is 4. The summed E-state index contributed by atoms with van der Waals surface area (Å²) in [6.45, 7) is 9.44. The van der Waals surface area contributed by atoms with E-state index in [9.17, 15) is 5.11 Å². The van der Waals surface area contributed by atoms with Crippen LogP contribution in [0.25, 0.3) is 22.3 Å². The standard InChI is InChI=1S/C25H27N5O2/c1-15-6-5-7-18(12-15)19-13-17(8-9-20(19)31)10-11-26-22-21-23(28-16(2)27-22)30-24(29-21)32-14-25(30,3)4/h5-9,12-13,31H,10-11,14H2,1-4H3,(H,26,27,28).